The summed E-state index contributed by atoms with van der Waals surface area (Å²) < 4.78 is 85.0. The lowest BCUT2D eigenvalue weighted by Gasteiger charge is -2.22. The third-order valence-corrected chi connectivity index (χ3v) is 8.43. The number of aliphatic hydroxyl groups excluding tert-OH is 1. The standard InChI is InChI=1S/C31H25F6N5O3/c1-13-23-24(13)28(44)27-25(23)29(31(35,36)37)41-42(27)12-22(43)40-21(9-14-7-16(32)11-17(33)8-14)26-18(3-2-6-39-26)15-4-5-20(34)19(10-15)30(38)45/h2-8,10-11,13,21,23-24,28,44H,9,12H2,1H3,(H2,38,45)(H,40,43)/t13-,21-,23+,24-,28+/m0/s1. The topological polar surface area (TPSA) is 123 Å². The van der Waals surface area contributed by atoms with Crippen LogP contribution in [0.4, 0.5) is 26.3 Å². The monoisotopic (exact) mass is 629 g/mol. The minimum absolute atomic E-state index is 0.0712. The van der Waals surface area contributed by atoms with Crippen molar-refractivity contribution in [2.24, 2.45) is 17.6 Å². The van der Waals surface area contributed by atoms with Gasteiger partial charge in [0.05, 0.1) is 29.1 Å². The van der Waals surface area contributed by atoms with Crippen molar-refractivity contribution in [3.8, 4) is 11.1 Å². The smallest absolute Gasteiger partial charge is 0.386 e. The molecule has 2 amide bonds. The Morgan fingerprint density at radius 3 is 2.47 bits per heavy atom. The van der Waals surface area contributed by atoms with Crippen molar-refractivity contribution in [2.45, 2.75) is 44.1 Å². The SMILES string of the molecule is C[C@H]1[C@H]2c3c(C(F)(F)F)nn(CC(=O)N[C@@H](Cc4cc(F)cc(F)c4)c4ncccc4-c4ccc(F)c(C(N)=O)c4)c3[C@H](O)[C@@H]12. The van der Waals surface area contributed by atoms with Gasteiger partial charge in [0.2, 0.25) is 5.91 Å². The molecule has 5 atom stereocenters. The van der Waals surface area contributed by atoms with E-state index in [1.54, 1.807) is 13.0 Å². The number of hydrogen-bond acceptors (Lipinski definition) is 5. The zero-order chi connectivity index (χ0) is 32.4. The van der Waals surface area contributed by atoms with Gasteiger partial charge in [-0.1, -0.05) is 19.1 Å². The Labute approximate surface area is 251 Å². The highest BCUT2D eigenvalue weighted by atomic mass is 19.4. The van der Waals surface area contributed by atoms with Gasteiger partial charge in [0, 0.05) is 29.3 Å². The van der Waals surface area contributed by atoms with Gasteiger partial charge >= 0.3 is 6.18 Å². The summed E-state index contributed by atoms with van der Waals surface area (Å²) in [6.07, 6.45) is -4.89. The fraction of sp³-hybridized carbons (Fsp3) is 0.290. The van der Waals surface area contributed by atoms with E-state index in [4.69, 9.17) is 5.73 Å². The molecule has 0 radical (unpaired) electrons. The number of carbonyl (C=O) groups excluding carboxylic acids is 2. The van der Waals surface area contributed by atoms with E-state index in [2.05, 4.69) is 15.4 Å². The van der Waals surface area contributed by atoms with E-state index in [0.29, 0.717) is 11.6 Å². The van der Waals surface area contributed by atoms with Gasteiger partial charge < -0.3 is 16.2 Å². The zero-order valence-electron chi connectivity index (χ0n) is 23.4. The molecule has 6 rings (SSSR count). The van der Waals surface area contributed by atoms with Gasteiger partial charge in [-0.25, -0.2) is 13.2 Å². The van der Waals surface area contributed by atoms with E-state index in [1.165, 1.54) is 24.4 Å². The first-order valence-corrected chi connectivity index (χ1v) is 13.9. The molecule has 2 aromatic carbocycles. The molecule has 4 N–H and O–H groups in total. The quantitative estimate of drug-likeness (QED) is 0.238. The van der Waals surface area contributed by atoms with Crippen LogP contribution in [0.1, 0.15) is 63.6 Å². The summed E-state index contributed by atoms with van der Waals surface area (Å²) in [5.74, 6) is -5.57. The van der Waals surface area contributed by atoms with Gasteiger partial charge in [-0.15, -0.1) is 0 Å². The molecule has 0 saturated heterocycles. The molecular weight excluding hydrogens is 604 g/mol. The fourth-order valence-electron chi connectivity index (χ4n) is 6.45. The number of fused-ring (bicyclic) bond motifs is 3. The maximum atomic E-state index is 14.2. The predicted octanol–water partition coefficient (Wildman–Crippen LogP) is 4.98. The molecule has 4 aromatic rings. The Morgan fingerprint density at radius 1 is 1.09 bits per heavy atom. The molecule has 0 unspecified atom stereocenters. The van der Waals surface area contributed by atoms with Crippen molar-refractivity contribution < 1.29 is 41.0 Å². The Morgan fingerprint density at radius 2 is 1.80 bits per heavy atom. The molecule has 234 valence electrons. The van der Waals surface area contributed by atoms with Crippen molar-refractivity contribution in [1.29, 1.82) is 0 Å². The van der Waals surface area contributed by atoms with Crippen molar-refractivity contribution >= 4 is 11.8 Å². The fourth-order valence-corrected chi connectivity index (χ4v) is 6.45. The molecular formula is C31H25F6N5O3. The van der Waals surface area contributed by atoms with Crippen molar-refractivity contribution in [1.82, 2.24) is 20.1 Å². The second-order valence-electron chi connectivity index (χ2n) is 11.3. The Kier molecular flexibility index (Phi) is 7.42. The molecule has 0 aliphatic heterocycles. The number of pyridine rings is 1. The average molecular weight is 630 g/mol. The molecule has 1 fully saturated rings. The number of nitrogens with zero attached hydrogens (tertiary/aromatic N) is 3. The Balaban J connectivity index is 1.37. The molecule has 8 nitrogen and oxygen atoms in total. The molecule has 14 heteroatoms. The number of hydrogen-bond donors (Lipinski definition) is 3. The van der Waals surface area contributed by atoms with E-state index >= 15 is 0 Å². The van der Waals surface area contributed by atoms with Crippen LogP contribution < -0.4 is 11.1 Å². The second kappa shape index (κ2) is 11.0. The van der Waals surface area contributed by atoms with E-state index in [9.17, 15) is 41.0 Å². The van der Waals surface area contributed by atoms with Crippen LogP contribution in [0.2, 0.25) is 0 Å². The Bertz CT molecular complexity index is 1820. The number of benzene rings is 2. The number of amides is 2. The van der Waals surface area contributed by atoms with Crippen LogP contribution in [0.5, 0.6) is 0 Å². The van der Waals surface area contributed by atoms with Crippen LogP contribution in [0.3, 0.4) is 0 Å². The van der Waals surface area contributed by atoms with E-state index in [1.807, 2.05) is 0 Å². The molecule has 2 aliphatic rings. The summed E-state index contributed by atoms with van der Waals surface area (Å²) in [5.41, 5.74) is 4.43. The number of nitrogens with two attached hydrogens (primary N) is 1. The maximum Gasteiger partial charge on any atom is 0.435 e. The molecule has 0 spiro atoms. The third-order valence-electron chi connectivity index (χ3n) is 8.43. The number of nitrogens with one attached hydrogen (secondary N) is 1. The molecule has 2 aliphatic carbocycles. The lowest BCUT2D eigenvalue weighted by Crippen LogP contribution is -2.34. The highest BCUT2D eigenvalue weighted by Crippen LogP contribution is 2.67. The first kappa shape index (κ1) is 30.3. The van der Waals surface area contributed by atoms with E-state index in [0.717, 1.165) is 22.9 Å². The van der Waals surface area contributed by atoms with Crippen LogP contribution in [0.25, 0.3) is 11.1 Å². The van der Waals surface area contributed by atoms with Gasteiger partial charge in [-0.05, 0) is 59.7 Å². The summed E-state index contributed by atoms with van der Waals surface area (Å²) in [5, 5.41) is 17.1. The van der Waals surface area contributed by atoms with Crippen LogP contribution in [-0.2, 0) is 23.9 Å². The molecule has 45 heavy (non-hydrogen) atoms. The van der Waals surface area contributed by atoms with Crippen LogP contribution >= 0.6 is 0 Å². The number of halogens is 6. The summed E-state index contributed by atoms with van der Waals surface area (Å²) in [7, 11) is 0. The van der Waals surface area contributed by atoms with Gasteiger partial charge in [0.15, 0.2) is 5.69 Å². The van der Waals surface area contributed by atoms with Crippen LogP contribution in [-0.4, -0.2) is 31.7 Å². The van der Waals surface area contributed by atoms with E-state index in [-0.39, 0.29) is 40.4 Å². The van der Waals surface area contributed by atoms with Gasteiger partial charge in [0.25, 0.3) is 5.91 Å². The second-order valence-corrected chi connectivity index (χ2v) is 11.3. The normalized spacial score (nSPS) is 20.8. The van der Waals surface area contributed by atoms with Gasteiger partial charge in [-0.3, -0.25) is 19.3 Å². The molecule has 2 heterocycles. The Hall–Kier alpha value is -4.72. The zero-order valence-corrected chi connectivity index (χ0v) is 23.4. The molecule has 1 saturated carbocycles. The van der Waals surface area contributed by atoms with Crippen molar-refractivity contribution in [3.05, 3.63) is 106 Å². The highest BCUT2D eigenvalue weighted by Gasteiger charge is 2.63. The number of alkyl halides is 3. The van der Waals surface area contributed by atoms with Crippen molar-refractivity contribution in [3.63, 3.8) is 0 Å². The molecule has 2 aromatic heterocycles. The lowest BCUT2D eigenvalue weighted by molar-refractivity contribution is -0.142. The number of rotatable bonds is 8. The first-order chi connectivity index (χ1) is 21.2. The van der Waals surface area contributed by atoms with Crippen LogP contribution in [0.15, 0.2) is 54.7 Å². The van der Waals surface area contributed by atoms with Gasteiger partial charge in [0.1, 0.15) is 24.0 Å². The third kappa shape index (κ3) is 5.54. The summed E-state index contributed by atoms with van der Waals surface area (Å²) in [6, 6.07) is 8.30. The van der Waals surface area contributed by atoms with Crippen LogP contribution in [0, 0.1) is 29.3 Å². The number of aromatic nitrogens is 3. The van der Waals surface area contributed by atoms with E-state index < -0.39 is 77.2 Å². The predicted molar refractivity (Wildman–Crippen MR) is 147 cm³/mol. The summed E-state index contributed by atoms with van der Waals surface area (Å²) in [6.45, 7) is 1.03. The summed E-state index contributed by atoms with van der Waals surface area (Å²) in [4.78, 5) is 29.6. The molecule has 0 bridgehead atoms. The average Bonchev–Trinajstić information content (AvgIpc) is 3.30. The maximum absolute atomic E-state index is 14.2. The largest absolute Gasteiger partial charge is 0.435 e. The minimum Gasteiger partial charge on any atom is -0.386 e. The van der Waals surface area contributed by atoms with Gasteiger partial charge in [-0.2, -0.15) is 18.3 Å². The minimum atomic E-state index is -4.81. The lowest BCUT2D eigenvalue weighted by atomic mass is 9.94. The van der Waals surface area contributed by atoms with Crippen molar-refractivity contribution in [2.75, 3.05) is 0 Å². The summed E-state index contributed by atoms with van der Waals surface area (Å²) >= 11 is 0. The number of carbonyl (C=O) groups is 2. The highest BCUT2D eigenvalue weighted by molar-refractivity contribution is 5.94. The number of primary amides is 1. The number of aliphatic hydroxyl groups is 1. The first-order valence-electron chi connectivity index (χ1n) is 13.9.